The summed E-state index contributed by atoms with van der Waals surface area (Å²) < 4.78 is 0.890. The lowest BCUT2D eigenvalue weighted by Crippen LogP contribution is -2.36. The maximum absolute atomic E-state index is 11.1. The molecule has 0 bridgehead atoms. The van der Waals surface area contributed by atoms with Crippen molar-refractivity contribution in [3.8, 4) is 0 Å². The van der Waals surface area contributed by atoms with Crippen molar-refractivity contribution >= 4 is 33.6 Å². The van der Waals surface area contributed by atoms with Crippen molar-refractivity contribution in [1.82, 2.24) is 4.90 Å². The van der Waals surface area contributed by atoms with E-state index >= 15 is 0 Å². The van der Waals surface area contributed by atoms with E-state index < -0.39 is 6.09 Å². The minimum atomic E-state index is -0.892. The van der Waals surface area contributed by atoms with Crippen molar-refractivity contribution in [3.63, 3.8) is 0 Å². The Bertz CT molecular complexity index is 561. The van der Waals surface area contributed by atoms with E-state index in [2.05, 4.69) is 15.9 Å². The molecule has 0 saturated heterocycles. The van der Waals surface area contributed by atoms with E-state index in [-0.39, 0.29) is 5.41 Å². The SMILES string of the molecule is CC(C)(CN)c1c(Cl)cc2c(c1Br)CN(C(=O)O)CC2. The molecule has 0 radical (unpaired) electrons. The highest BCUT2D eigenvalue weighted by Gasteiger charge is 2.30. The number of fused-ring (bicyclic) bond motifs is 1. The van der Waals surface area contributed by atoms with Crippen LogP contribution in [0.25, 0.3) is 0 Å². The van der Waals surface area contributed by atoms with Gasteiger partial charge in [-0.05, 0) is 29.2 Å². The average molecular weight is 362 g/mol. The van der Waals surface area contributed by atoms with Gasteiger partial charge in [-0.15, -0.1) is 0 Å². The molecule has 0 saturated carbocycles. The molecule has 0 spiro atoms. The van der Waals surface area contributed by atoms with Gasteiger partial charge < -0.3 is 15.7 Å². The molecule has 3 N–H and O–H groups in total. The third-order valence-electron chi connectivity index (χ3n) is 3.87. The summed E-state index contributed by atoms with van der Waals surface area (Å²) in [6.45, 7) is 5.42. The second kappa shape index (κ2) is 5.54. The molecular formula is C14H18BrClN2O2. The molecule has 4 nitrogen and oxygen atoms in total. The molecule has 1 aromatic carbocycles. The van der Waals surface area contributed by atoms with Crippen molar-refractivity contribution in [2.75, 3.05) is 13.1 Å². The first-order chi connectivity index (χ1) is 9.27. The Balaban J connectivity index is 2.55. The van der Waals surface area contributed by atoms with Gasteiger partial charge in [0.1, 0.15) is 0 Å². The molecule has 1 aliphatic heterocycles. The minimum absolute atomic E-state index is 0.267. The number of hydrogen-bond donors (Lipinski definition) is 2. The first kappa shape index (κ1) is 15.6. The summed E-state index contributed by atoms with van der Waals surface area (Å²) in [5.74, 6) is 0. The minimum Gasteiger partial charge on any atom is -0.465 e. The molecular weight excluding hydrogens is 344 g/mol. The number of benzene rings is 1. The zero-order valence-electron chi connectivity index (χ0n) is 11.5. The van der Waals surface area contributed by atoms with E-state index in [4.69, 9.17) is 22.4 Å². The lowest BCUT2D eigenvalue weighted by Gasteiger charge is -2.32. The van der Waals surface area contributed by atoms with Crippen LogP contribution in [0.1, 0.15) is 30.5 Å². The smallest absolute Gasteiger partial charge is 0.407 e. The molecule has 6 heteroatoms. The summed E-state index contributed by atoms with van der Waals surface area (Å²) >= 11 is 10.0. The molecule has 0 atom stereocenters. The Hall–Kier alpha value is -0.780. The number of nitrogens with zero attached hydrogens (tertiary/aromatic N) is 1. The number of nitrogens with two attached hydrogens (primary N) is 1. The van der Waals surface area contributed by atoms with Crippen LogP contribution >= 0.6 is 27.5 Å². The van der Waals surface area contributed by atoms with E-state index in [1.807, 2.05) is 19.9 Å². The van der Waals surface area contributed by atoms with Crippen LogP contribution in [0.2, 0.25) is 5.02 Å². The quantitative estimate of drug-likeness (QED) is 0.848. The highest BCUT2D eigenvalue weighted by atomic mass is 79.9. The Kier molecular flexibility index (Phi) is 4.33. The highest BCUT2D eigenvalue weighted by Crippen LogP contribution is 2.40. The summed E-state index contributed by atoms with van der Waals surface area (Å²) in [7, 11) is 0. The van der Waals surface area contributed by atoms with Crippen LogP contribution in [0.5, 0.6) is 0 Å². The summed E-state index contributed by atoms with van der Waals surface area (Å²) in [4.78, 5) is 12.6. The molecule has 2 rings (SSSR count). The third-order valence-corrected chi connectivity index (χ3v) is 5.04. The van der Waals surface area contributed by atoms with Crippen LogP contribution in [-0.2, 0) is 18.4 Å². The summed E-state index contributed by atoms with van der Waals surface area (Å²) in [6.07, 6.45) is -0.208. The highest BCUT2D eigenvalue weighted by molar-refractivity contribution is 9.10. The number of carboxylic acid groups (broad SMARTS) is 1. The van der Waals surface area contributed by atoms with Crippen molar-refractivity contribution in [2.45, 2.75) is 32.2 Å². The lowest BCUT2D eigenvalue weighted by molar-refractivity contribution is 0.139. The predicted octanol–water partition coefficient (Wildman–Crippen LogP) is 3.37. The largest absolute Gasteiger partial charge is 0.465 e. The lowest BCUT2D eigenvalue weighted by atomic mass is 9.82. The van der Waals surface area contributed by atoms with Gasteiger partial charge in [-0.25, -0.2) is 4.79 Å². The van der Waals surface area contributed by atoms with Crippen LogP contribution in [0, 0.1) is 0 Å². The molecule has 110 valence electrons. The third kappa shape index (κ3) is 2.67. The van der Waals surface area contributed by atoms with Crippen molar-refractivity contribution in [2.24, 2.45) is 5.73 Å². The molecule has 0 unspecified atom stereocenters. The molecule has 20 heavy (non-hydrogen) atoms. The number of amides is 1. The van der Waals surface area contributed by atoms with Gasteiger partial charge in [0.15, 0.2) is 0 Å². The van der Waals surface area contributed by atoms with Gasteiger partial charge in [-0.3, -0.25) is 0 Å². The topological polar surface area (TPSA) is 66.6 Å². The monoisotopic (exact) mass is 360 g/mol. The number of hydrogen-bond acceptors (Lipinski definition) is 2. The van der Waals surface area contributed by atoms with Crippen LogP contribution < -0.4 is 5.73 Å². The Morgan fingerprint density at radius 1 is 1.60 bits per heavy atom. The Morgan fingerprint density at radius 3 is 2.80 bits per heavy atom. The average Bonchev–Trinajstić information content (AvgIpc) is 2.37. The zero-order chi connectivity index (χ0) is 15.1. The predicted molar refractivity (Wildman–Crippen MR) is 83.4 cm³/mol. The van der Waals surface area contributed by atoms with Crippen LogP contribution in [0.3, 0.4) is 0 Å². The molecule has 0 aliphatic carbocycles. The van der Waals surface area contributed by atoms with E-state index in [1.54, 1.807) is 0 Å². The first-order valence-corrected chi connectivity index (χ1v) is 7.63. The maximum Gasteiger partial charge on any atom is 0.407 e. The molecule has 1 heterocycles. The van der Waals surface area contributed by atoms with Gasteiger partial charge in [0.25, 0.3) is 0 Å². The Labute approximate surface area is 132 Å². The summed E-state index contributed by atoms with van der Waals surface area (Å²) in [6, 6.07) is 1.95. The van der Waals surface area contributed by atoms with Gasteiger partial charge >= 0.3 is 6.09 Å². The van der Waals surface area contributed by atoms with Crippen LogP contribution in [0.15, 0.2) is 10.5 Å². The van der Waals surface area contributed by atoms with Gasteiger partial charge in [0.2, 0.25) is 0 Å². The summed E-state index contributed by atoms with van der Waals surface area (Å²) in [5, 5.41) is 9.84. The second-order valence-corrected chi connectivity index (χ2v) is 6.93. The van der Waals surface area contributed by atoms with E-state index in [0.717, 1.165) is 21.2 Å². The molecule has 1 aromatic rings. The molecule has 1 aliphatic rings. The van der Waals surface area contributed by atoms with Gasteiger partial charge in [-0.2, -0.15) is 0 Å². The van der Waals surface area contributed by atoms with Crippen molar-refractivity contribution in [1.29, 1.82) is 0 Å². The Morgan fingerprint density at radius 2 is 2.25 bits per heavy atom. The second-order valence-electron chi connectivity index (χ2n) is 5.73. The molecule has 1 amide bonds. The van der Waals surface area contributed by atoms with Gasteiger partial charge in [-0.1, -0.05) is 41.4 Å². The number of rotatable bonds is 2. The van der Waals surface area contributed by atoms with Gasteiger partial charge in [0.05, 0.1) is 6.54 Å². The van der Waals surface area contributed by atoms with Crippen LogP contribution in [-0.4, -0.2) is 29.2 Å². The molecule has 0 fully saturated rings. The molecule has 0 aromatic heterocycles. The zero-order valence-corrected chi connectivity index (χ0v) is 13.9. The fourth-order valence-corrected chi connectivity index (χ4v) is 4.24. The van der Waals surface area contributed by atoms with Gasteiger partial charge in [0, 0.05) is 28.0 Å². The standard InChI is InChI=1S/C14H18BrClN2O2/c1-14(2,7-17)11-10(16)5-8-3-4-18(13(19)20)6-9(8)12(11)15/h5H,3-4,6-7,17H2,1-2H3,(H,19,20). The van der Waals surface area contributed by atoms with Crippen molar-refractivity contribution < 1.29 is 9.90 Å². The fourth-order valence-electron chi connectivity index (χ4n) is 2.51. The number of carbonyl (C=O) groups is 1. The van der Waals surface area contributed by atoms with E-state index in [1.165, 1.54) is 4.90 Å². The normalized spacial score (nSPS) is 15.2. The van der Waals surface area contributed by atoms with Crippen LogP contribution in [0.4, 0.5) is 4.79 Å². The van der Waals surface area contributed by atoms with Crippen molar-refractivity contribution in [3.05, 3.63) is 32.3 Å². The van der Waals surface area contributed by atoms with E-state index in [9.17, 15) is 4.79 Å². The fraction of sp³-hybridized carbons (Fsp3) is 0.500. The number of halogens is 2. The maximum atomic E-state index is 11.1. The van der Waals surface area contributed by atoms with E-state index in [0.29, 0.717) is 31.1 Å². The summed E-state index contributed by atoms with van der Waals surface area (Å²) in [5.41, 5.74) is 8.63. The first-order valence-electron chi connectivity index (χ1n) is 6.46.